The van der Waals surface area contributed by atoms with Crippen LogP contribution in [0.3, 0.4) is 0 Å². The van der Waals surface area contributed by atoms with Crippen LogP contribution in [0.1, 0.15) is 73.1 Å². The molecule has 8 atom stereocenters. The van der Waals surface area contributed by atoms with E-state index in [2.05, 4.69) is 27.7 Å². The van der Waals surface area contributed by atoms with Crippen molar-refractivity contribution in [3.8, 4) is 0 Å². The molecular weight excluding hydrogens is 324 g/mol. The first-order chi connectivity index (χ1) is 12.1. The van der Waals surface area contributed by atoms with Crippen molar-refractivity contribution in [3.63, 3.8) is 0 Å². The highest BCUT2D eigenvalue weighted by Crippen LogP contribution is 2.77. The highest BCUT2D eigenvalue weighted by Gasteiger charge is 2.85. The molecule has 0 spiro atoms. The largest absolute Gasteiger partial charge is 0.354 e. The fourth-order valence-electron chi connectivity index (χ4n) is 8.60. The van der Waals surface area contributed by atoms with Crippen molar-refractivity contribution in [1.29, 1.82) is 0 Å². The number of Topliss-reactive ketones (excluding diaryl/α,β-unsaturated/α-hetero) is 1. The molecule has 0 unspecified atom stereocenters. The molecule has 4 fully saturated rings. The monoisotopic (exact) mass is 356 g/mol. The minimum Gasteiger partial charge on any atom is -0.354 e. The smallest absolute Gasteiger partial charge is 0.165 e. The van der Waals surface area contributed by atoms with Crippen molar-refractivity contribution in [2.24, 2.45) is 34.5 Å². The molecule has 4 aliphatic carbocycles. The molecule has 0 bridgehead atoms. The van der Waals surface area contributed by atoms with Crippen LogP contribution in [0.4, 0.5) is 0 Å². The van der Waals surface area contributed by atoms with Crippen LogP contribution < -0.4 is 0 Å². The number of carbonyl (C=O) groups excluding carboxylic acids is 2. The third-order valence-corrected chi connectivity index (χ3v) is 9.66. The predicted molar refractivity (Wildman–Crippen MR) is 99.5 cm³/mol. The van der Waals surface area contributed by atoms with E-state index < -0.39 is 5.60 Å². The van der Waals surface area contributed by atoms with Gasteiger partial charge >= 0.3 is 0 Å². The summed E-state index contributed by atoms with van der Waals surface area (Å²) >= 11 is 0. The van der Waals surface area contributed by atoms with Gasteiger partial charge in [0.15, 0.2) is 17.2 Å². The molecule has 1 aliphatic heterocycles. The Labute approximate surface area is 156 Å². The van der Waals surface area contributed by atoms with Gasteiger partial charge in [0.25, 0.3) is 0 Å². The summed E-state index contributed by atoms with van der Waals surface area (Å²) in [6.07, 6.45) is 8.16. The lowest BCUT2D eigenvalue weighted by atomic mass is 9.45. The Bertz CT molecular complexity index is 753. The quantitative estimate of drug-likeness (QED) is 0.650. The van der Waals surface area contributed by atoms with Gasteiger partial charge in [-0.3, -0.25) is 9.59 Å². The first-order valence-corrected chi connectivity index (χ1v) is 10.6. The molecule has 0 aromatic rings. The summed E-state index contributed by atoms with van der Waals surface area (Å²) in [7, 11) is 0. The number of ether oxygens (including phenoxy) is 1. The van der Waals surface area contributed by atoms with Crippen LogP contribution in [0, 0.1) is 34.5 Å². The molecule has 1 heterocycles. The summed E-state index contributed by atoms with van der Waals surface area (Å²) in [5.74, 6) is 2.92. The molecule has 26 heavy (non-hydrogen) atoms. The number of allylic oxidation sites excluding steroid dienone is 1. The zero-order chi connectivity index (χ0) is 18.7. The Morgan fingerprint density at radius 1 is 1.19 bits per heavy atom. The second-order valence-corrected chi connectivity index (χ2v) is 10.7. The number of fused-ring (bicyclic) bond motifs is 7. The number of rotatable bonds is 1. The molecule has 1 saturated heterocycles. The maximum Gasteiger partial charge on any atom is 0.165 e. The number of ketones is 2. The van der Waals surface area contributed by atoms with Crippen LogP contribution in [0.15, 0.2) is 11.6 Å². The molecule has 3 nitrogen and oxygen atoms in total. The minimum absolute atomic E-state index is 0.0173. The van der Waals surface area contributed by atoms with Crippen molar-refractivity contribution < 1.29 is 14.3 Å². The van der Waals surface area contributed by atoms with Gasteiger partial charge in [0, 0.05) is 11.8 Å². The second-order valence-electron chi connectivity index (χ2n) is 10.7. The van der Waals surface area contributed by atoms with Crippen molar-refractivity contribution in [1.82, 2.24) is 0 Å². The van der Waals surface area contributed by atoms with Gasteiger partial charge in [-0.05, 0) is 81.1 Å². The maximum atomic E-state index is 12.7. The Morgan fingerprint density at radius 2 is 1.92 bits per heavy atom. The fourth-order valence-corrected chi connectivity index (χ4v) is 8.60. The highest BCUT2D eigenvalue weighted by atomic mass is 16.6. The topological polar surface area (TPSA) is 46.7 Å². The van der Waals surface area contributed by atoms with E-state index >= 15 is 0 Å². The van der Waals surface area contributed by atoms with Crippen LogP contribution in [-0.4, -0.2) is 22.8 Å². The van der Waals surface area contributed by atoms with Gasteiger partial charge in [0.2, 0.25) is 0 Å². The first kappa shape index (κ1) is 17.2. The molecule has 3 heteroatoms. The summed E-state index contributed by atoms with van der Waals surface area (Å²) in [5, 5.41) is 0. The van der Waals surface area contributed by atoms with E-state index in [9.17, 15) is 9.59 Å². The Balaban J connectivity index is 1.56. The van der Waals surface area contributed by atoms with Crippen LogP contribution in [0.25, 0.3) is 0 Å². The van der Waals surface area contributed by atoms with E-state index in [-0.39, 0.29) is 22.2 Å². The van der Waals surface area contributed by atoms with E-state index in [1.807, 2.05) is 6.08 Å². The molecule has 0 amide bonds. The van der Waals surface area contributed by atoms with E-state index in [4.69, 9.17) is 4.74 Å². The minimum atomic E-state index is -0.529. The number of hydrogen-bond donors (Lipinski definition) is 0. The van der Waals surface area contributed by atoms with Gasteiger partial charge < -0.3 is 4.74 Å². The maximum absolute atomic E-state index is 12.7. The Morgan fingerprint density at radius 3 is 2.62 bits per heavy atom. The molecule has 142 valence electrons. The van der Waals surface area contributed by atoms with Gasteiger partial charge in [-0.25, -0.2) is 0 Å². The van der Waals surface area contributed by atoms with Gasteiger partial charge in [0.1, 0.15) is 5.60 Å². The summed E-state index contributed by atoms with van der Waals surface area (Å²) < 4.78 is 6.21. The third kappa shape index (κ3) is 1.66. The Hall–Kier alpha value is -0.960. The lowest BCUT2D eigenvalue weighted by molar-refractivity contribution is -0.138. The molecular formula is C23H32O3. The van der Waals surface area contributed by atoms with Crippen LogP contribution >= 0.6 is 0 Å². The van der Waals surface area contributed by atoms with Crippen molar-refractivity contribution in [3.05, 3.63) is 11.6 Å². The zero-order valence-corrected chi connectivity index (χ0v) is 16.9. The molecule has 3 saturated carbocycles. The van der Waals surface area contributed by atoms with E-state index in [0.29, 0.717) is 35.9 Å². The molecule has 5 aliphatic rings. The third-order valence-electron chi connectivity index (χ3n) is 9.66. The Kier molecular flexibility index (Phi) is 3.11. The molecule has 0 aromatic heterocycles. The molecule has 0 aromatic carbocycles. The van der Waals surface area contributed by atoms with E-state index in [1.165, 1.54) is 18.4 Å². The van der Waals surface area contributed by atoms with Gasteiger partial charge in [-0.2, -0.15) is 0 Å². The SMILES string of the molecule is CC(=O)[C@@]12O[C@]1(C)C[C@@H]1[C@@H]3C[C@H](C)C4=CC(=O)CC[C@]4(C)[C@H]3CC[C@@]12C. The van der Waals surface area contributed by atoms with Crippen LogP contribution in [0.2, 0.25) is 0 Å². The normalized spacial score (nSPS) is 57.4. The van der Waals surface area contributed by atoms with E-state index in [0.717, 1.165) is 19.3 Å². The molecule has 5 rings (SSSR count). The number of carbonyl (C=O) groups is 2. The molecule has 0 radical (unpaired) electrons. The van der Waals surface area contributed by atoms with Crippen molar-refractivity contribution in [2.45, 2.75) is 84.3 Å². The van der Waals surface area contributed by atoms with Gasteiger partial charge in [-0.1, -0.05) is 26.3 Å². The van der Waals surface area contributed by atoms with Crippen molar-refractivity contribution in [2.75, 3.05) is 0 Å². The van der Waals surface area contributed by atoms with E-state index in [1.54, 1.807) is 6.92 Å². The zero-order valence-electron chi connectivity index (χ0n) is 16.9. The average molecular weight is 357 g/mol. The van der Waals surface area contributed by atoms with Crippen LogP contribution in [-0.2, 0) is 14.3 Å². The highest BCUT2D eigenvalue weighted by molar-refractivity contribution is 5.92. The van der Waals surface area contributed by atoms with Gasteiger partial charge in [-0.15, -0.1) is 0 Å². The summed E-state index contributed by atoms with van der Waals surface area (Å²) in [5.41, 5.74) is 0.811. The predicted octanol–water partition coefficient (Wildman–Crippen LogP) is 4.49. The summed E-state index contributed by atoms with van der Waals surface area (Å²) in [6, 6.07) is 0. The van der Waals surface area contributed by atoms with Crippen molar-refractivity contribution >= 4 is 11.6 Å². The van der Waals surface area contributed by atoms with Gasteiger partial charge in [0.05, 0.1) is 0 Å². The first-order valence-electron chi connectivity index (χ1n) is 10.6. The number of epoxide rings is 1. The molecule has 0 N–H and O–H groups in total. The second kappa shape index (κ2) is 4.71. The summed E-state index contributed by atoms with van der Waals surface area (Å²) in [4.78, 5) is 24.7. The van der Waals surface area contributed by atoms with Crippen LogP contribution in [0.5, 0.6) is 0 Å². The average Bonchev–Trinajstić information content (AvgIpc) is 3.14. The number of hydrogen-bond acceptors (Lipinski definition) is 3. The lowest BCUT2D eigenvalue weighted by Crippen LogP contribution is -2.55. The lowest BCUT2D eigenvalue weighted by Gasteiger charge is -2.59. The standard InChI is InChI=1S/C23H32O3/c1-13-10-16-17(20(3)8-6-15(25)11-18(13)20)7-9-21(4)19(16)12-22(5)23(21,26-22)14(2)24/h11,13,16-17,19H,6-10,12H2,1-5H3/t13-,16+,17-,19+,20+,21-,22+,23-/m0/s1. The fraction of sp³-hybridized carbons (Fsp3) is 0.826. The summed E-state index contributed by atoms with van der Waals surface area (Å²) in [6.45, 7) is 11.0.